The van der Waals surface area contributed by atoms with E-state index in [4.69, 9.17) is 4.74 Å². The second-order valence-corrected chi connectivity index (χ2v) is 5.99. The molecule has 0 aliphatic heterocycles. The summed E-state index contributed by atoms with van der Waals surface area (Å²) in [7, 11) is 0. The van der Waals surface area contributed by atoms with Crippen molar-refractivity contribution in [3.8, 4) is 5.75 Å². The molecule has 0 saturated carbocycles. The lowest BCUT2D eigenvalue weighted by Gasteiger charge is -2.19. The minimum absolute atomic E-state index is 0.0750. The number of nitrogens with one attached hydrogen (secondary N) is 1. The molecule has 0 heterocycles. The third-order valence-electron chi connectivity index (χ3n) is 3.81. The lowest BCUT2D eigenvalue weighted by molar-refractivity contribution is -0.128. The van der Waals surface area contributed by atoms with Gasteiger partial charge in [0, 0.05) is 6.54 Å². The summed E-state index contributed by atoms with van der Waals surface area (Å²) in [4.78, 5) is 12.4. The Morgan fingerprint density at radius 2 is 1.83 bits per heavy atom. The Kier molecular flexibility index (Phi) is 5.80. The van der Waals surface area contributed by atoms with Gasteiger partial charge in [0.1, 0.15) is 5.75 Å². The molecule has 0 aromatic heterocycles. The SMILES string of the molecule is CC[C@@H](Oc1ccc(C)cc1C)C(=O)NCc1cccc(C)c1. The van der Waals surface area contributed by atoms with E-state index in [1.54, 1.807) is 0 Å². The van der Waals surface area contributed by atoms with Gasteiger partial charge >= 0.3 is 0 Å². The van der Waals surface area contributed by atoms with Gasteiger partial charge in [-0.2, -0.15) is 0 Å². The van der Waals surface area contributed by atoms with E-state index in [1.165, 1.54) is 11.1 Å². The first-order valence-electron chi connectivity index (χ1n) is 8.06. The molecular weight excluding hydrogens is 286 g/mol. The summed E-state index contributed by atoms with van der Waals surface area (Å²) in [5, 5.41) is 2.96. The monoisotopic (exact) mass is 311 g/mol. The van der Waals surface area contributed by atoms with Crippen molar-refractivity contribution in [1.82, 2.24) is 5.32 Å². The maximum absolute atomic E-state index is 12.4. The highest BCUT2D eigenvalue weighted by molar-refractivity contribution is 5.81. The van der Waals surface area contributed by atoms with Crippen LogP contribution >= 0.6 is 0 Å². The van der Waals surface area contributed by atoms with Gasteiger partial charge in [0.2, 0.25) is 0 Å². The Balaban J connectivity index is 1.98. The van der Waals surface area contributed by atoms with Crippen molar-refractivity contribution in [3.63, 3.8) is 0 Å². The van der Waals surface area contributed by atoms with Crippen LogP contribution in [0.2, 0.25) is 0 Å². The zero-order valence-electron chi connectivity index (χ0n) is 14.3. The minimum Gasteiger partial charge on any atom is -0.480 e. The van der Waals surface area contributed by atoms with Crippen LogP contribution in [0.3, 0.4) is 0 Å². The third kappa shape index (κ3) is 4.85. The number of amides is 1. The van der Waals surface area contributed by atoms with Crippen molar-refractivity contribution < 1.29 is 9.53 Å². The average molecular weight is 311 g/mol. The first kappa shape index (κ1) is 17.1. The van der Waals surface area contributed by atoms with E-state index >= 15 is 0 Å². The van der Waals surface area contributed by atoms with E-state index in [0.29, 0.717) is 13.0 Å². The summed E-state index contributed by atoms with van der Waals surface area (Å²) in [6, 6.07) is 14.1. The quantitative estimate of drug-likeness (QED) is 0.872. The molecule has 23 heavy (non-hydrogen) atoms. The van der Waals surface area contributed by atoms with E-state index in [1.807, 2.05) is 58.0 Å². The van der Waals surface area contributed by atoms with Gasteiger partial charge < -0.3 is 10.1 Å². The molecule has 0 radical (unpaired) electrons. The zero-order valence-corrected chi connectivity index (χ0v) is 14.3. The smallest absolute Gasteiger partial charge is 0.261 e. The number of ether oxygens (including phenoxy) is 1. The maximum Gasteiger partial charge on any atom is 0.261 e. The largest absolute Gasteiger partial charge is 0.480 e. The summed E-state index contributed by atoms with van der Waals surface area (Å²) in [6.07, 6.45) is 0.161. The number of carbonyl (C=O) groups is 1. The zero-order chi connectivity index (χ0) is 16.8. The first-order chi connectivity index (χ1) is 11.0. The van der Waals surface area contributed by atoms with Crippen LogP contribution in [0.4, 0.5) is 0 Å². The van der Waals surface area contributed by atoms with Crippen LogP contribution in [0.1, 0.15) is 35.6 Å². The molecule has 0 aliphatic carbocycles. The van der Waals surface area contributed by atoms with E-state index in [0.717, 1.165) is 16.9 Å². The summed E-state index contributed by atoms with van der Waals surface area (Å²) in [6.45, 7) is 8.57. The summed E-state index contributed by atoms with van der Waals surface area (Å²) >= 11 is 0. The van der Waals surface area contributed by atoms with Gasteiger partial charge in [-0.05, 0) is 44.4 Å². The molecule has 2 aromatic carbocycles. The topological polar surface area (TPSA) is 38.3 Å². The lowest BCUT2D eigenvalue weighted by atomic mass is 10.1. The van der Waals surface area contributed by atoms with Crippen LogP contribution in [0, 0.1) is 20.8 Å². The number of rotatable bonds is 6. The number of carbonyl (C=O) groups excluding carboxylic acids is 1. The standard InChI is InChI=1S/C20H25NO2/c1-5-18(23-19-10-9-15(3)11-16(19)4)20(22)21-13-17-8-6-7-14(2)12-17/h6-12,18H,5,13H2,1-4H3,(H,21,22)/t18-/m1/s1. The third-order valence-corrected chi connectivity index (χ3v) is 3.81. The van der Waals surface area contributed by atoms with Crippen LogP contribution in [-0.4, -0.2) is 12.0 Å². The number of aryl methyl sites for hydroxylation is 3. The molecular formula is C20H25NO2. The Labute approximate surface area is 138 Å². The number of benzene rings is 2. The molecule has 3 nitrogen and oxygen atoms in total. The van der Waals surface area contributed by atoms with Crippen LogP contribution in [0.15, 0.2) is 42.5 Å². The van der Waals surface area contributed by atoms with Crippen molar-refractivity contribution >= 4 is 5.91 Å². The predicted octanol–water partition coefficient (Wildman–Crippen LogP) is 4.09. The highest BCUT2D eigenvalue weighted by atomic mass is 16.5. The van der Waals surface area contributed by atoms with Crippen LogP contribution in [0.25, 0.3) is 0 Å². The van der Waals surface area contributed by atoms with Gasteiger partial charge in [0.25, 0.3) is 5.91 Å². The molecule has 1 amide bonds. The lowest BCUT2D eigenvalue weighted by Crippen LogP contribution is -2.37. The van der Waals surface area contributed by atoms with Crippen LogP contribution in [0.5, 0.6) is 5.75 Å². The maximum atomic E-state index is 12.4. The van der Waals surface area contributed by atoms with Crippen LogP contribution < -0.4 is 10.1 Å². The van der Waals surface area contributed by atoms with E-state index in [2.05, 4.69) is 17.4 Å². The summed E-state index contributed by atoms with van der Waals surface area (Å²) in [5.41, 5.74) is 4.52. The van der Waals surface area contributed by atoms with E-state index in [-0.39, 0.29) is 5.91 Å². The van der Waals surface area contributed by atoms with Gasteiger partial charge in [-0.1, -0.05) is 54.4 Å². The molecule has 0 fully saturated rings. The fourth-order valence-electron chi connectivity index (χ4n) is 2.53. The second-order valence-electron chi connectivity index (χ2n) is 5.99. The normalized spacial score (nSPS) is 11.8. The molecule has 1 N–H and O–H groups in total. The van der Waals surface area contributed by atoms with Gasteiger partial charge in [-0.25, -0.2) is 0 Å². The Morgan fingerprint density at radius 1 is 1.09 bits per heavy atom. The Bertz CT molecular complexity index is 679. The van der Waals surface area contributed by atoms with Crippen molar-refractivity contribution in [2.75, 3.05) is 0 Å². The summed E-state index contributed by atoms with van der Waals surface area (Å²) in [5.74, 6) is 0.696. The molecule has 3 heteroatoms. The molecule has 0 spiro atoms. The second kappa shape index (κ2) is 7.82. The van der Waals surface area contributed by atoms with Crippen molar-refractivity contribution in [3.05, 3.63) is 64.7 Å². The molecule has 0 aliphatic rings. The molecule has 1 atom stereocenters. The van der Waals surface area contributed by atoms with Gasteiger partial charge in [0.15, 0.2) is 6.10 Å². The molecule has 0 bridgehead atoms. The molecule has 0 unspecified atom stereocenters. The average Bonchev–Trinajstić information content (AvgIpc) is 2.52. The Hall–Kier alpha value is -2.29. The summed E-state index contributed by atoms with van der Waals surface area (Å²) < 4.78 is 5.91. The fourth-order valence-corrected chi connectivity index (χ4v) is 2.53. The predicted molar refractivity (Wildman–Crippen MR) is 93.6 cm³/mol. The van der Waals surface area contributed by atoms with Gasteiger partial charge in [-0.15, -0.1) is 0 Å². The fraction of sp³-hybridized carbons (Fsp3) is 0.350. The molecule has 0 saturated heterocycles. The molecule has 2 rings (SSSR count). The number of hydrogen-bond donors (Lipinski definition) is 1. The first-order valence-corrected chi connectivity index (χ1v) is 8.06. The Morgan fingerprint density at radius 3 is 2.48 bits per heavy atom. The van der Waals surface area contributed by atoms with Crippen molar-refractivity contribution in [1.29, 1.82) is 0 Å². The highest BCUT2D eigenvalue weighted by Crippen LogP contribution is 2.21. The van der Waals surface area contributed by atoms with Gasteiger partial charge in [-0.3, -0.25) is 4.79 Å². The van der Waals surface area contributed by atoms with E-state index < -0.39 is 6.10 Å². The highest BCUT2D eigenvalue weighted by Gasteiger charge is 2.18. The minimum atomic E-state index is -0.471. The molecule has 2 aromatic rings. The van der Waals surface area contributed by atoms with Crippen LogP contribution in [-0.2, 0) is 11.3 Å². The number of hydrogen-bond acceptors (Lipinski definition) is 2. The van der Waals surface area contributed by atoms with Crippen molar-refractivity contribution in [2.24, 2.45) is 0 Å². The van der Waals surface area contributed by atoms with Gasteiger partial charge in [0.05, 0.1) is 0 Å². The molecule has 122 valence electrons. The van der Waals surface area contributed by atoms with Crippen molar-refractivity contribution in [2.45, 2.75) is 46.8 Å². The van der Waals surface area contributed by atoms with E-state index in [9.17, 15) is 4.79 Å².